The van der Waals surface area contributed by atoms with Crippen LogP contribution in [0.25, 0.3) is 0 Å². The van der Waals surface area contributed by atoms with E-state index in [2.05, 4.69) is 10.5 Å². The number of nitrogens with zero attached hydrogens (tertiary/aromatic N) is 1. The maximum Gasteiger partial charge on any atom is 0.335 e. The second kappa shape index (κ2) is 6.82. The number of rotatable bonds is 5. The van der Waals surface area contributed by atoms with Gasteiger partial charge in [-0.3, -0.25) is 5.43 Å². The predicted molar refractivity (Wildman–Crippen MR) is 84.3 cm³/mol. The third kappa shape index (κ3) is 3.67. The van der Waals surface area contributed by atoms with Crippen LogP contribution in [0.3, 0.4) is 0 Å². The Morgan fingerprint density at radius 1 is 1.36 bits per heavy atom. The number of hydrazone groups is 1. The fraction of sp³-hybridized carbons (Fsp3) is 0.0667. The number of carboxylic acid groups (broad SMARTS) is 1. The van der Waals surface area contributed by atoms with Crippen LogP contribution in [0.2, 0.25) is 5.02 Å². The van der Waals surface area contributed by atoms with Crippen LogP contribution in [0.15, 0.2) is 41.5 Å². The Balaban J connectivity index is 2.14. The summed E-state index contributed by atoms with van der Waals surface area (Å²) in [5.74, 6) is -0.909. The van der Waals surface area contributed by atoms with Crippen molar-refractivity contribution in [3.63, 3.8) is 0 Å². The molecule has 0 spiro atoms. The fourth-order valence-corrected chi connectivity index (χ4v) is 1.95. The molecule has 7 heteroatoms. The SMILES string of the molecule is COc1cc(C=NNc2cccc(C(=O)O)c2)cc(Cl)c1O. The van der Waals surface area contributed by atoms with Crippen molar-refractivity contribution in [2.24, 2.45) is 5.10 Å². The van der Waals surface area contributed by atoms with E-state index >= 15 is 0 Å². The van der Waals surface area contributed by atoms with Gasteiger partial charge in [0.05, 0.1) is 29.6 Å². The average Bonchev–Trinajstić information content (AvgIpc) is 2.51. The molecular weight excluding hydrogens is 308 g/mol. The lowest BCUT2D eigenvalue weighted by molar-refractivity contribution is 0.0697. The Morgan fingerprint density at radius 2 is 2.14 bits per heavy atom. The van der Waals surface area contributed by atoms with Crippen LogP contribution in [0.1, 0.15) is 15.9 Å². The van der Waals surface area contributed by atoms with E-state index in [0.29, 0.717) is 11.3 Å². The van der Waals surface area contributed by atoms with Crippen LogP contribution in [0.4, 0.5) is 5.69 Å². The highest BCUT2D eigenvalue weighted by atomic mass is 35.5. The van der Waals surface area contributed by atoms with E-state index in [0.717, 1.165) is 0 Å². The number of aromatic carboxylic acids is 1. The number of carbonyl (C=O) groups is 1. The molecule has 2 aromatic carbocycles. The molecule has 0 saturated heterocycles. The highest BCUT2D eigenvalue weighted by molar-refractivity contribution is 6.32. The molecule has 0 aliphatic rings. The normalized spacial score (nSPS) is 10.6. The summed E-state index contributed by atoms with van der Waals surface area (Å²) in [4.78, 5) is 10.9. The van der Waals surface area contributed by atoms with Crippen molar-refractivity contribution in [1.82, 2.24) is 0 Å². The number of hydrogen-bond acceptors (Lipinski definition) is 5. The van der Waals surface area contributed by atoms with Gasteiger partial charge in [0, 0.05) is 0 Å². The van der Waals surface area contributed by atoms with Crippen LogP contribution in [0.5, 0.6) is 11.5 Å². The molecule has 0 atom stereocenters. The van der Waals surface area contributed by atoms with Crippen molar-refractivity contribution < 1.29 is 19.7 Å². The molecule has 0 radical (unpaired) electrons. The van der Waals surface area contributed by atoms with Gasteiger partial charge in [-0.15, -0.1) is 0 Å². The van der Waals surface area contributed by atoms with E-state index in [9.17, 15) is 9.90 Å². The first-order chi connectivity index (χ1) is 10.5. The number of hydrogen-bond donors (Lipinski definition) is 3. The minimum absolute atomic E-state index is 0.136. The van der Waals surface area contributed by atoms with E-state index in [1.165, 1.54) is 31.5 Å². The van der Waals surface area contributed by atoms with Gasteiger partial charge in [-0.25, -0.2) is 4.79 Å². The zero-order chi connectivity index (χ0) is 16.1. The van der Waals surface area contributed by atoms with Crippen LogP contribution in [0, 0.1) is 0 Å². The van der Waals surface area contributed by atoms with E-state index in [-0.39, 0.29) is 22.1 Å². The molecule has 0 unspecified atom stereocenters. The van der Waals surface area contributed by atoms with Crippen LogP contribution < -0.4 is 10.2 Å². The number of ether oxygens (including phenoxy) is 1. The lowest BCUT2D eigenvalue weighted by Crippen LogP contribution is -1.97. The summed E-state index contributed by atoms with van der Waals surface area (Å²) >= 11 is 5.87. The zero-order valence-electron chi connectivity index (χ0n) is 11.6. The van der Waals surface area contributed by atoms with Crippen molar-refractivity contribution in [3.8, 4) is 11.5 Å². The first-order valence-electron chi connectivity index (χ1n) is 6.20. The largest absolute Gasteiger partial charge is 0.503 e. The third-order valence-corrected chi connectivity index (χ3v) is 3.08. The molecule has 0 aliphatic carbocycles. The molecule has 0 fully saturated rings. The first-order valence-corrected chi connectivity index (χ1v) is 6.58. The Morgan fingerprint density at radius 3 is 2.82 bits per heavy atom. The number of methoxy groups -OCH3 is 1. The lowest BCUT2D eigenvalue weighted by Gasteiger charge is -2.06. The number of anilines is 1. The van der Waals surface area contributed by atoms with Crippen molar-refractivity contribution in [2.75, 3.05) is 12.5 Å². The first kappa shape index (κ1) is 15.7. The smallest absolute Gasteiger partial charge is 0.335 e. The highest BCUT2D eigenvalue weighted by Gasteiger charge is 2.07. The minimum Gasteiger partial charge on any atom is -0.503 e. The lowest BCUT2D eigenvalue weighted by atomic mass is 10.2. The van der Waals surface area contributed by atoms with Crippen molar-refractivity contribution >= 4 is 29.5 Å². The summed E-state index contributed by atoms with van der Waals surface area (Å²) in [6.45, 7) is 0. The van der Waals surface area contributed by atoms with E-state index in [1.807, 2.05) is 0 Å². The summed E-state index contributed by atoms with van der Waals surface area (Å²) < 4.78 is 4.99. The van der Waals surface area contributed by atoms with Crippen molar-refractivity contribution in [2.45, 2.75) is 0 Å². The van der Waals surface area contributed by atoms with Gasteiger partial charge < -0.3 is 14.9 Å². The van der Waals surface area contributed by atoms with Gasteiger partial charge in [0.1, 0.15) is 0 Å². The van der Waals surface area contributed by atoms with Gasteiger partial charge in [0.15, 0.2) is 11.5 Å². The topological polar surface area (TPSA) is 91.2 Å². The van der Waals surface area contributed by atoms with Crippen LogP contribution in [-0.2, 0) is 0 Å². The minimum atomic E-state index is -1.01. The van der Waals surface area contributed by atoms with Gasteiger partial charge in [0.2, 0.25) is 0 Å². The molecule has 0 amide bonds. The maximum absolute atomic E-state index is 10.9. The van der Waals surface area contributed by atoms with Gasteiger partial charge in [-0.1, -0.05) is 17.7 Å². The number of carboxylic acids is 1. The second-order valence-electron chi connectivity index (χ2n) is 4.31. The summed E-state index contributed by atoms with van der Waals surface area (Å²) in [5, 5.41) is 22.7. The number of halogens is 1. The number of phenols is 1. The monoisotopic (exact) mass is 320 g/mol. The summed E-state index contributed by atoms with van der Waals surface area (Å²) in [7, 11) is 1.42. The Labute approximate surface area is 131 Å². The second-order valence-corrected chi connectivity index (χ2v) is 4.72. The zero-order valence-corrected chi connectivity index (χ0v) is 12.3. The molecule has 0 aromatic heterocycles. The molecular formula is C15H13ClN2O4. The molecule has 0 aliphatic heterocycles. The molecule has 2 aromatic rings. The van der Waals surface area contributed by atoms with Gasteiger partial charge >= 0.3 is 5.97 Å². The van der Waals surface area contributed by atoms with Gasteiger partial charge in [-0.2, -0.15) is 5.10 Å². The number of benzene rings is 2. The molecule has 2 rings (SSSR count). The molecule has 0 bridgehead atoms. The van der Waals surface area contributed by atoms with Crippen LogP contribution in [-0.4, -0.2) is 29.5 Å². The van der Waals surface area contributed by atoms with Crippen molar-refractivity contribution in [3.05, 3.63) is 52.5 Å². The standard InChI is InChI=1S/C15H13ClN2O4/c1-22-13-6-9(5-12(16)14(13)19)8-17-18-11-4-2-3-10(7-11)15(20)21/h2-8,18-19H,1H3,(H,20,21). The fourth-order valence-electron chi connectivity index (χ4n) is 1.73. The summed E-state index contributed by atoms with van der Waals surface area (Å²) in [5.41, 5.74) is 4.03. The van der Waals surface area contributed by atoms with E-state index in [4.69, 9.17) is 21.4 Å². The highest BCUT2D eigenvalue weighted by Crippen LogP contribution is 2.34. The average molecular weight is 321 g/mol. The van der Waals surface area contributed by atoms with Gasteiger partial charge in [-0.05, 0) is 35.9 Å². The van der Waals surface area contributed by atoms with Gasteiger partial charge in [0.25, 0.3) is 0 Å². The maximum atomic E-state index is 10.9. The summed E-state index contributed by atoms with van der Waals surface area (Å²) in [6, 6.07) is 9.35. The Bertz CT molecular complexity index is 731. The Hall–Kier alpha value is -2.73. The van der Waals surface area contributed by atoms with E-state index < -0.39 is 5.97 Å². The number of aromatic hydroxyl groups is 1. The molecule has 6 nitrogen and oxygen atoms in total. The summed E-state index contributed by atoms with van der Waals surface area (Å²) in [6.07, 6.45) is 1.47. The molecule has 114 valence electrons. The van der Waals surface area contributed by atoms with Crippen LogP contribution >= 0.6 is 11.6 Å². The predicted octanol–water partition coefficient (Wildman–Crippen LogP) is 3.20. The van der Waals surface area contributed by atoms with Crippen molar-refractivity contribution in [1.29, 1.82) is 0 Å². The number of nitrogens with one attached hydrogen (secondary N) is 1. The Kier molecular flexibility index (Phi) is 4.85. The van der Waals surface area contributed by atoms with E-state index in [1.54, 1.807) is 18.2 Å². The molecule has 22 heavy (non-hydrogen) atoms. The number of phenolic OH excluding ortho intramolecular Hbond substituents is 1. The molecule has 3 N–H and O–H groups in total. The quantitative estimate of drug-likeness (QED) is 0.581. The molecule has 0 heterocycles. The third-order valence-electron chi connectivity index (χ3n) is 2.79. The molecule has 0 saturated carbocycles.